The number of hydrogen-bond acceptors (Lipinski definition) is 1. The Bertz CT molecular complexity index is 299. The van der Waals surface area contributed by atoms with Gasteiger partial charge in [-0.05, 0) is 30.7 Å². The van der Waals surface area contributed by atoms with Gasteiger partial charge in [0.1, 0.15) is 16.8 Å². The minimum atomic E-state index is -1.21. The van der Waals surface area contributed by atoms with Crippen LogP contribution in [0.15, 0.2) is 29.2 Å². The average Bonchev–Trinajstić information content (AvgIpc) is 2.19. The lowest BCUT2D eigenvalue weighted by Crippen LogP contribution is -2.18. The molecule has 1 N–H and O–H groups in total. The van der Waals surface area contributed by atoms with Crippen LogP contribution in [0.5, 0.6) is 0 Å². The van der Waals surface area contributed by atoms with Crippen LogP contribution in [0.3, 0.4) is 0 Å². The molecule has 0 aliphatic heterocycles. The highest BCUT2D eigenvalue weighted by Crippen LogP contribution is 2.05. The van der Waals surface area contributed by atoms with Crippen LogP contribution in [0, 0.1) is 5.82 Å². The van der Waals surface area contributed by atoms with Crippen molar-refractivity contribution in [1.82, 2.24) is 4.72 Å². The highest BCUT2D eigenvalue weighted by molar-refractivity contribution is 7.83. The van der Waals surface area contributed by atoms with Gasteiger partial charge in [-0.2, -0.15) is 0 Å². The zero-order valence-corrected chi connectivity index (χ0v) is 8.94. The molecule has 1 rings (SSSR count). The van der Waals surface area contributed by atoms with Gasteiger partial charge in [0.15, 0.2) is 0 Å². The summed E-state index contributed by atoms with van der Waals surface area (Å²) in [6.07, 6.45) is 2.06. The summed E-state index contributed by atoms with van der Waals surface area (Å²) in [4.78, 5) is 0.613. The Balaban J connectivity index is 2.48. The van der Waals surface area contributed by atoms with Gasteiger partial charge in [-0.15, -0.1) is 0 Å². The summed E-state index contributed by atoms with van der Waals surface area (Å²) < 4.78 is 26.9. The molecule has 1 unspecified atom stereocenters. The molecule has 0 bridgehead atoms. The molecule has 1 aromatic rings. The maximum absolute atomic E-state index is 12.5. The van der Waals surface area contributed by atoms with E-state index in [0.717, 1.165) is 19.4 Å². The molecule has 1 atom stereocenters. The van der Waals surface area contributed by atoms with Crippen molar-refractivity contribution in [2.45, 2.75) is 24.7 Å². The molecule has 0 fully saturated rings. The second kappa shape index (κ2) is 5.88. The second-order valence-electron chi connectivity index (χ2n) is 2.97. The van der Waals surface area contributed by atoms with Gasteiger partial charge in [0.05, 0.1) is 4.90 Å². The van der Waals surface area contributed by atoms with Gasteiger partial charge in [-0.1, -0.05) is 13.3 Å². The maximum atomic E-state index is 12.5. The largest absolute Gasteiger partial charge is 0.238 e. The Kier molecular flexibility index (Phi) is 4.76. The van der Waals surface area contributed by atoms with Crippen LogP contribution in [0.2, 0.25) is 0 Å². The Hall–Kier alpha value is -0.740. The SMILES string of the molecule is CCCCNS(=O)c1ccc(F)cc1. The fraction of sp³-hybridized carbons (Fsp3) is 0.400. The van der Waals surface area contributed by atoms with Gasteiger partial charge in [0, 0.05) is 6.54 Å². The summed E-state index contributed by atoms with van der Waals surface area (Å²) in [6.45, 7) is 2.79. The van der Waals surface area contributed by atoms with E-state index < -0.39 is 11.0 Å². The van der Waals surface area contributed by atoms with Crippen LogP contribution in [-0.2, 0) is 11.0 Å². The van der Waals surface area contributed by atoms with Crippen LogP contribution in [-0.4, -0.2) is 10.8 Å². The third-order valence-electron chi connectivity index (χ3n) is 1.79. The fourth-order valence-corrected chi connectivity index (χ4v) is 1.86. The Labute approximate surface area is 86.1 Å². The topological polar surface area (TPSA) is 29.1 Å². The van der Waals surface area contributed by atoms with E-state index >= 15 is 0 Å². The van der Waals surface area contributed by atoms with Gasteiger partial charge >= 0.3 is 0 Å². The van der Waals surface area contributed by atoms with Crippen molar-refractivity contribution in [2.75, 3.05) is 6.54 Å². The summed E-state index contributed by atoms with van der Waals surface area (Å²) >= 11 is 0. The predicted octanol–water partition coefficient (Wildman–Crippen LogP) is 2.24. The first-order valence-electron chi connectivity index (χ1n) is 4.65. The summed E-state index contributed by atoms with van der Waals surface area (Å²) in [5, 5.41) is 0. The number of unbranched alkanes of at least 4 members (excludes halogenated alkanes) is 1. The zero-order valence-electron chi connectivity index (χ0n) is 8.13. The number of benzene rings is 1. The summed E-state index contributed by atoms with van der Waals surface area (Å²) in [5.41, 5.74) is 0. The molecule has 0 aromatic heterocycles. The van der Waals surface area contributed by atoms with E-state index in [1.165, 1.54) is 24.3 Å². The van der Waals surface area contributed by atoms with Gasteiger partial charge in [0.2, 0.25) is 0 Å². The second-order valence-corrected chi connectivity index (χ2v) is 4.27. The van der Waals surface area contributed by atoms with E-state index in [9.17, 15) is 8.60 Å². The molecule has 78 valence electrons. The maximum Gasteiger partial charge on any atom is 0.124 e. The summed E-state index contributed by atoms with van der Waals surface area (Å²) in [7, 11) is -1.21. The number of hydrogen-bond donors (Lipinski definition) is 1. The third kappa shape index (κ3) is 3.55. The highest BCUT2D eigenvalue weighted by atomic mass is 32.2. The Morgan fingerprint density at radius 3 is 2.57 bits per heavy atom. The molecule has 0 aliphatic rings. The van der Waals surface area contributed by atoms with Gasteiger partial charge < -0.3 is 0 Å². The molecule has 0 heterocycles. The normalized spacial score (nSPS) is 12.7. The molecular formula is C10H14FNOS. The molecule has 1 aromatic carbocycles. The van der Waals surface area contributed by atoms with Crippen molar-refractivity contribution < 1.29 is 8.60 Å². The highest BCUT2D eigenvalue weighted by Gasteiger charge is 2.01. The van der Waals surface area contributed by atoms with Gasteiger partial charge in [-0.25, -0.2) is 13.3 Å². The first kappa shape index (κ1) is 11.3. The molecule has 14 heavy (non-hydrogen) atoms. The molecule has 0 spiro atoms. The van der Waals surface area contributed by atoms with Crippen LogP contribution < -0.4 is 4.72 Å². The average molecular weight is 215 g/mol. The summed E-state index contributed by atoms with van der Waals surface area (Å²) in [6, 6.07) is 5.69. The van der Waals surface area contributed by atoms with E-state index in [0.29, 0.717) is 4.90 Å². The molecule has 0 saturated heterocycles. The van der Waals surface area contributed by atoms with Gasteiger partial charge in [0.25, 0.3) is 0 Å². The van der Waals surface area contributed by atoms with Crippen molar-refractivity contribution >= 4 is 11.0 Å². The molecule has 0 amide bonds. The lowest BCUT2D eigenvalue weighted by molar-refractivity contribution is 0.626. The van der Waals surface area contributed by atoms with Crippen LogP contribution >= 0.6 is 0 Å². The lowest BCUT2D eigenvalue weighted by atomic mass is 10.3. The Morgan fingerprint density at radius 1 is 1.36 bits per heavy atom. The Morgan fingerprint density at radius 2 is 2.00 bits per heavy atom. The third-order valence-corrected chi connectivity index (χ3v) is 2.96. The van der Waals surface area contributed by atoms with Crippen molar-refractivity contribution in [1.29, 1.82) is 0 Å². The monoisotopic (exact) mass is 215 g/mol. The standard InChI is InChI=1S/C10H14FNOS/c1-2-3-8-12-14(13)10-6-4-9(11)5-7-10/h4-7,12H,2-3,8H2,1H3. The number of rotatable bonds is 5. The van der Waals surface area contributed by atoms with Crippen molar-refractivity contribution in [3.63, 3.8) is 0 Å². The van der Waals surface area contributed by atoms with Crippen LogP contribution in [0.25, 0.3) is 0 Å². The van der Waals surface area contributed by atoms with E-state index in [2.05, 4.69) is 11.6 Å². The van der Waals surface area contributed by atoms with E-state index in [-0.39, 0.29) is 5.82 Å². The molecule has 4 heteroatoms. The lowest BCUT2D eigenvalue weighted by Gasteiger charge is -2.03. The zero-order chi connectivity index (χ0) is 10.4. The first-order chi connectivity index (χ1) is 6.74. The first-order valence-corrected chi connectivity index (χ1v) is 5.80. The minimum absolute atomic E-state index is 0.306. The smallest absolute Gasteiger partial charge is 0.124 e. The summed E-state index contributed by atoms with van der Waals surface area (Å²) in [5.74, 6) is -0.306. The minimum Gasteiger partial charge on any atom is -0.238 e. The predicted molar refractivity (Wildman–Crippen MR) is 55.7 cm³/mol. The van der Waals surface area contributed by atoms with E-state index in [4.69, 9.17) is 0 Å². The molecule has 0 radical (unpaired) electrons. The van der Waals surface area contributed by atoms with Gasteiger partial charge in [-0.3, -0.25) is 0 Å². The van der Waals surface area contributed by atoms with Crippen LogP contribution in [0.4, 0.5) is 4.39 Å². The molecule has 2 nitrogen and oxygen atoms in total. The molecular weight excluding hydrogens is 201 g/mol. The van der Waals surface area contributed by atoms with Crippen molar-refractivity contribution in [2.24, 2.45) is 0 Å². The molecule has 0 aliphatic carbocycles. The van der Waals surface area contributed by atoms with E-state index in [1.54, 1.807) is 0 Å². The van der Waals surface area contributed by atoms with Crippen molar-refractivity contribution in [3.8, 4) is 0 Å². The number of halogens is 1. The molecule has 0 saturated carbocycles. The number of nitrogens with one attached hydrogen (secondary N) is 1. The van der Waals surface area contributed by atoms with E-state index in [1.807, 2.05) is 0 Å². The quantitative estimate of drug-likeness (QED) is 0.750. The fourth-order valence-electron chi connectivity index (χ4n) is 0.983. The van der Waals surface area contributed by atoms with Crippen molar-refractivity contribution in [3.05, 3.63) is 30.1 Å². The van der Waals surface area contributed by atoms with Crippen LogP contribution in [0.1, 0.15) is 19.8 Å².